The second-order valence-electron chi connectivity index (χ2n) is 7.17. The molecule has 2 atom stereocenters. The van der Waals surface area contributed by atoms with Crippen molar-refractivity contribution in [3.8, 4) is 0 Å². The van der Waals surface area contributed by atoms with Crippen molar-refractivity contribution in [3.63, 3.8) is 0 Å². The quantitative estimate of drug-likeness (QED) is 0.397. The van der Waals surface area contributed by atoms with Crippen molar-refractivity contribution >= 4 is 28.7 Å². The van der Waals surface area contributed by atoms with Crippen molar-refractivity contribution in [2.75, 3.05) is 17.6 Å². The van der Waals surface area contributed by atoms with Gasteiger partial charge in [0.2, 0.25) is 0 Å². The first-order chi connectivity index (χ1) is 10.2. The van der Waals surface area contributed by atoms with E-state index in [0.717, 1.165) is 17.5 Å². The van der Waals surface area contributed by atoms with E-state index in [0.29, 0.717) is 12.5 Å². The van der Waals surface area contributed by atoms with Crippen LogP contribution in [0.1, 0.15) is 67.2 Å². The lowest BCUT2D eigenvalue weighted by molar-refractivity contribution is -0.0325. The lowest BCUT2D eigenvalue weighted by Crippen LogP contribution is -2.46. The third kappa shape index (κ3) is 10.6. The molecular weight excluding hydrogens is 393 g/mol. The minimum Gasteiger partial charge on any atom is -0.444 e. The maximum atomic E-state index is 11.8. The summed E-state index contributed by atoms with van der Waals surface area (Å²) in [5, 5.41) is 2.82. The summed E-state index contributed by atoms with van der Waals surface area (Å²) < 4.78 is 12.2. The molecule has 0 heterocycles. The van der Waals surface area contributed by atoms with Crippen molar-refractivity contribution < 1.29 is 14.3 Å². The van der Waals surface area contributed by atoms with Gasteiger partial charge in [-0.25, -0.2) is 4.79 Å². The Morgan fingerprint density at radius 2 is 1.86 bits per heavy atom. The number of carbonyl (C=O) groups is 1. The fraction of sp³-hybridized carbons (Fsp3) is 0.941. The van der Waals surface area contributed by atoms with Crippen LogP contribution in [0.3, 0.4) is 0 Å². The van der Waals surface area contributed by atoms with Gasteiger partial charge < -0.3 is 14.8 Å². The molecular formula is C17H34INO3. The fourth-order valence-electron chi connectivity index (χ4n) is 1.93. The summed E-state index contributed by atoms with van der Waals surface area (Å²) in [5.41, 5.74) is -0.823. The molecule has 0 saturated carbocycles. The lowest BCUT2D eigenvalue weighted by atomic mass is 10.00. The highest BCUT2D eigenvalue weighted by molar-refractivity contribution is 14.1. The Hall–Kier alpha value is -0.0400. The van der Waals surface area contributed by atoms with E-state index in [2.05, 4.69) is 41.8 Å². The molecule has 0 saturated heterocycles. The molecule has 0 aliphatic carbocycles. The zero-order chi connectivity index (χ0) is 17.2. The topological polar surface area (TPSA) is 47.6 Å². The maximum Gasteiger partial charge on any atom is 0.407 e. The third-order valence-electron chi connectivity index (χ3n) is 3.50. The number of hydrogen-bond acceptors (Lipinski definition) is 3. The van der Waals surface area contributed by atoms with Crippen LogP contribution < -0.4 is 5.32 Å². The van der Waals surface area contributed by atoms with Gasteiger partial charge in [0.1, 0.15) is 5.60 Å². The molecule has 22 heavy (non-hydrogen) atoms. The number of ether oxygens (including phenoxy) is 2. The molecule has 0 aliphatic heterocycles. The van der Waals surface area contributed by atoms with Gasteiger partial charge in [-0.1, -0.05) is 55.7 Å². The molecule has 0 aromatic heterocycles. The van der Waals surface area contributed by atoms with E-state index in [-0.39, 0.29) is 11.7 Å². The van der Waals surface area contributed by atoms with Crippen LogP contribution in [0.4, 0.5) is 4.79 Å². The zero-order valence-corrected chi connectivity index (χ0v) is 17.3. The lowest BCUT2D eigenvalue weighted by Gasteiger charge is -2.31. The maximum absolute atomic E-state index is 11.8. The SMILES string of the molecule is CCCCC(CC)COC(C)(CI)CNC(=O)OC(C)(C)C. The van der Waals surface area contributed by atoms with Crippen molar-refractivity contribution in [2.24, 2.45) is 5.92 Å². The molecule has 1 amide bonds. The van der Waals surface area contributed by atoms with Crippen LogP contribution in [-0.4, -0.2) is 34.9 Å². The average Bonchev–Trinajstić information content (AvgIpc) is 2.43. The Labute approximate surface area is 150 Å². The molecule has 1 N–H and O–H groups in total. The van der Waals surface area contributed by atoms with Crippen molar-refractivity contribution in [1.29, 1.82) is 0 Å². The summed E-state index contributed by atoms with van der Waals surface area (Å²) in [6.07, 6.45) is 4.44. The monoisotopic (exact) mass is 427 g/mol. The van der Waals surface area contributed by atoms with Gasteiger partial charge in [0.15, 0.2) is 0 Å². The Morgan fingerprint density at radius 1 is 1.23 bits per heavy atom. The van der Waals surface area contributed by atoms with Crippen LogP contribution in [-0.2, 0) is 9.47 Å². The fourth-order valence-corrected chi connectivity index (χ4v) is 2.42. The molecule has 0 rings (SSSR count). The van der Waals surface area contributed by atoms with Crippen LogP contribution in [0.15, 0.2) is 0 Å². The van der Waals surface area contributed by atoms with Gasteiger partial charge in [0.25, 0.3) is 0 Å². The van der Waals surface area contributed by atoms with Crippen LogP contribution in [0.25, 0.3) is 0 Å². The molecule has 0 radical (unpaired) electrons. The van der Waals surface area contributed by atoms with Gasteiger partial charge >= 0.3 is 6.09 Å². The van der Waals surface area contributed by atoms with Crippen LogP contribution in [0.5, 0.6) is 0 Å². The number of carbonyl (C=O) groups excluding carboxylic acids is 1. The number of unbranched alkanes of at least 4 members (excludes halogenated alkanes) is 1. The Balaban J connectivity index is 4.30. The number of rotatable bonds is 10. The zero-order valence-electron chi connectivity index (χ0n) is 15.1. The van der Waals surface area contributed by atoms with Gasteiger partial charge in [-0.2, -0.15) is 0 Å². The summed E-state index contributed by atoms with van der Waals surface area (Å²) >= 11 is 2.31. The number of alkyl carbamates (subject to hydrolysis) is 1. The standard InChI is InChI=1S/C17H34INO3/c1-7-9-10-14(8-2)11-21-17(6,12-18)13-19-15(20)22-16(3,4)5/h14H,7-13H2,1-6H3,(H,19,20). The minimum absolute atomic E-state index is 0.350. The summed E-state index contributed by atoms with van der Waals surface area (Å²) in [4.78, 5) is 11.8. The summed E-state index contributed by atoms with van der Waals surface area (Å²) in [6.45, 7) is 13.3. The predicted molar refractivity (Wildman–Crippen MR) is 101 cm³/mol. The summed E-state index contributed by atoms with van der Waals surface area (Å²) in [7, 11) is 0. The molecule has 4 nitrogen and oxygen atoms in total. The largest absolute Gasteiger partial charge is 0.444 e. The van der Waals surface area contributed by atoms with E-state index >= 15 is 0 Å². The van der Waals surface area contributed by atoms with Gasteiger partial charge in [0, 0.05) is 4.43 Å². The summed E-state index contributed by atoms with van der Waals surface area (Å²) in [6, 6.07) is 0. The van der Waals surface area contributed by atoms with Crippen LogP contribution >= 0.6 is 22.6 Å². The van der Waals surface area contributed by atoms with Crippen LogP contribution in [0, 0.1) is 5.92 Å². The van der Waals surface area contributed by atoms with E-state index in [1.165, 1.54) is 19.3 Å². The molecule has 0 aromatic carbocycles. The Kier molecular flexibility index (Phi) is 10.7. The minimum atomic E-state index is -0.473. The van der Waals surface area contributed by atoms with Gasteiger partial charge in [0.05, 0.1) is 18.8 Å². The number of nitrogens with one attached hydrogen (secondary N) is 1. The van der Waals surface area contributed by atoms with Gasteiger partial charge in [-0.15, -0.1) is 0 Å². The molecule has 0 aromatic rings. The molecule has 0 aliphatic rings. The first-order valence-corrected chi connectivity index (χ1v) is 9.85. The van der Waals surface area contributed by atoms with Gasteiger partial charge in [-0.3, -0.25) is 0 Å². The first kappa shape index (κ1) is 22.0. The molecule has 132 valence electrons. The van der Waals surface area contributed by atoms with E-state index in [1.54, 1.807) is 0 Å². The Bertz CT molecular complexity index is 318. The molecule has 0 bridgehead atoms. The summed E-state index contributed by atoms with van der Waals surface area (Å²) in [5.74, 6) is 0.601. The Morgan fingerprint density at radius 3 is 2.32 bits per heavy atom. The highest BCUT2D eigenvalue weighted by Crippen LogP contribution is 2.19. The van der Waals surface area contributed by atoms with E-state index in [9.17, 15) is 4.79 Å². The number of hydrogen-bond donors (Lipinski definition) is 1. The van der Waals surface area contributed by atoms with Crippen LogP contribution in [0.2, 0.25) is 0 Å². The molecule has 5 heteroatoms. The van der Waals surface area contributed by atoms with E-state index < -0.39 is 5.60 Å². The van der Waals surface area contributed by atoms with Crippen molar-refractivity contribution in [2.45, 2.75) is 78.4 Å². The van der Waals surface area contributed by atoms with E-state index in [4.69, 9.17) is 9.47 Å². The van der Waals surface area contributed by atoms with Crippen molar-refractivity contribution in [3.05, 3.63) is 0 Å². The average molecular weight is 427 g/mol. The number of alkyl halides is 1. The highest BCUT2D eigenvalue weighted by Gasteiger charge is 2.27. The second-order valence-corrected chi connectivity index (χ2v) is 7.93. The molecule has 0 spiro atoms. The number of amides is 1. The third-order valence-corrected chi connectivity index (χ3v) is 5.11. The first-order valence-electron chi connectivity index (χ1n) is 8.32. The highest BCUT2D eigenvalue weighted by atomic mass is 127. The second kappa shape index (κ2) is 10.7. The predicted octanol–water partition coefficient (Wildman–Crippen LogP) is 4.94. The normalized spacial score (nSPS) is 16.0. The smallest absolute Gasteiger partial charge is 0.407 e. The van der Waals surface area contributed by atoms with E-state index in [1.807, 2.05) is 27.7 Å². The van der Waals surface area contributed by atoms with Gasteiger partial charge in [-0.05, 0) is 40.0 Å². The number of halogens is 1. The molecule has 0 fully saturated rings. The molecule has 2 unspecified atom stereocenters. The van der Waals surface area contributed by atoms with Crippen molar-refractivity contribution in [1.82, 2.24) is 5.32 Å².